The van der Waals surface area contributed by atoms with Crippen molar-refractivity contribution in [1.29, 1.82) is 0 Å². The lowest BCUT2D eigenvalue weighted by Gasteiger charge is -2.20. The van der Waals surface area contributed by atoms with Gasteiger partial charge < -0.3 is 5.73 Å². The largest absolute Gasteiger partial charge is 0.324 e. The van der Waals surface area contributed by atoms with Crippen molar-refractivity contribution >= 4 is 0 Å². The molecule has 0 amide bonds. The molecule has 0 aliphatic carbocycles. The molecule has 0 radical (unpaired) electrons. The average molecular weight is 235 g/mol. The van der Waals surface area contributed by atoms with Crippen molar-refractivity contribution < 1.29 is 17.6 Å². The standard InChI is InChI=1S/C11H13F4N/c1-3-5(2)11(16)8-9(14)6(12)4-7(13)10(8)15/h4-5,11H,3,16H2,1-2H3/t5?,11-/m0/s1. The van der Waals surface area contributed by atoms with E-state index in [9.17, 15) is 17.6 Å². The highest BCUT2D eigenvalue weighted by molar-refractivity contribution is 5.26. The van der Waals surface area contributed by atoms with Gasteiger partial charge in [-0.2, -0.15) is 0 Å². The van der Waals surface area contributed by atoms with Crippen LogP contribution in [0.5, 0.6) is 0 Å². The normalized spacial score (nSPS) is 14.9. The first-order valence-corrected chi connectivity index (χ1v) is 4.98. The SMILES string of the molecule is CCC(C)[C@H](N)c1c(F)c(F)cc(F)c1F. The molecule has 0 fully saturated rings. The molecule has 1 aromatic rings. The first-order valence-electron chi connectivity index (χ1n) is 4.98. The van der Waals surface area contributed by atoms with Crippen molar-refractivity contribution in [3.05, 3.63) is 34.9 Å². The molecule has 1 nitrogen and oxygen atoms in total. The Labute approximate surface area is 91.3 Å². The molecule has 1 aromatic carbocycles. The van der Waals surface area contributed by atoms with Gasteiger partial charge in [-0.25, -0.2) is 17.6 Å². The molecule has 16 heavy (non-hydrogen) atoms. The number of hydrogen-bond donors (Lipinski definition) is 1. The van der Waals surface area contributed by atoms with E-state index in [1.165, 1.54) is 0 Å². The summed E-state index contributed by atoms with van der Waals surface area (Å²) in [7, 11) is 0. The molecule has 5 heteroatoms. The molecule has 1 unspecified atom stereocenters. The van der Waals surface area contributed by atoms with Crippen LogP contribution in [0, 0.1) is 29.2 Å². The molecule has 0 aliphatic heterocycles. The predicted octanol–water partition coefficient (Wildman–Crippen LogP) is 3.29. The molecular formula is C11H13F4N. The second-order valence-corrected chi connectivity index (χ2v) is 3.79. The molecule has 0 heterocycles. The van der Waals surface area contributed by atoms with E-state index in [1.54, 1.807) is 13.8 Å². The van der Waals surface area contributed by atoms with Crippen LogP contribution in [0.3, 0.4) is 0 Å². The summed E-state index contributed by atoms with van der Waals surface area (Å²) < 4.78 is 52.5. The summed E-state index contributed by atoms with van der Waals surface area (Å²) in [5.41, 5.74) is 4.86. The predicted molar refractivity (Wildman–Crippen MR) is 52.7 cm³/mol. The first kappa shape index (κ1) is 13.0. The topological polar surface area (TPSA) is 26.0 Å². The molecule has 0 aliphatic rings. The van der Waals surface area contributed by atoms with Gasteiger partial charge in [0, 0.05) is 17.7 Å². The highest BCUT2D eigenvalue weighted by Gasteiger charge is 2.26. The Balaban J connectivity index is 3.31. The highest BCUT2D eigenvalue weighted by Crippen LogP contribution is 2.29. The third-order valence-electron chi connectivity index (χ3n) is 2.74. The Hall–Kier alpha value is -1.10. The summed E-state index contributed by atoms with van der Waals surface area (Å²) in [4.78, 5) is 0. The van der Waals surface area contributed by atoms with Gasteiger partial charge in [-0.3, -0.25) is 0 Å². The van der Waals surface area contributed by atoms with Gasteiger partial charge in [0.15, 0.2) is 23.3 Å². The summed E-state index contributed by atoms with van der Waals surface area (Å²) in [6.07, 6.45) is 0.554. The van der Waals surface area contributed by atoms with Gasteiger partial charge in [0.1, 0.15) is 0 Å². The van der Waals surface area contributed by atoms with E-state index in [1.807, 2.05) is 0 Å². The number of nitrogens with two attached hydrogens (primary N) is 1. The molecule has 2 atom stereocenters. The Morgan fingerprint density at radius 3 is 1.94 bits per heavy atom. The van der Waals surface area contributed by atoms with Crippen LogP contribution in [0.25, 0.3) is 0 Å². The van der Waals surface area contributed by atoms with Crippen LogP contribution in [0.15, 0.2) is 6.07 Å². The third kappa shape index (κ3) is 2.19. The molecule has 2 N–H and O–H groups in total. The highest BCUT2D eigenvalue weighted by atomic mass is 19.2. The van der Waals surface area contributed by atoms with Gasteiger partial charge in [-0.1, -0.05) is 20.3 Å². The lowest BCUT2D eigenvalue weighted by atomic mass is 9.92. The molecule has 90 valence electrons. The van der Waals surface area contributed by atoms with Crippen molar-refractivity contribution in [2.24, 2.45) is 11.7 Å². The fourth-order valence-corrected chi connectivity index (χ4v) is 1.42. The van der Waals surface area contributed by atoms with Crippen molar-refractivity contribution in [3.63, 3.8) is 0 Å². The van der Waals surface area contributed by atoms with E-state index in [4.69, 9.17) is 5.73 Å². The van der Waals surface area contributed by atoms with Crippen LogP contribution in [0.1, 0.15) is 31.9 Å². The third-order valence-corrected chi connectivity index (χ3v) is 2.74. The van der Waals surface area contributed by atoms with E-state index in [0.717, 1.165) is 0 Å². The lowest BCUT2D eigenvalue weighted by Crippen LogP contribution is -2.22. The summed E-state index contributed by atoms with van der Waals surface area (Å²) in [5.74, 6) is -5.94. The van der Waals surface area contributed by atoms with Gasteiger partial charge >= 0.3 is 0 Å². The summed E-state index contributed by atoms with van der Waals surface area (Å²) in [5, 5.41) is 0. The van der Waals surface area contributed by atoms with Gasteiger partial charge in [-0.05, 0) is 5.92 Å². The van der Waals surface area contributed by atoms with Crippen molar-refractivity contribution in [2.75, 3.05) is 0 Å². The smallest absolute Gasteiger partial charge is 0.166 e. The van der Waals surface area contributed by atoms with Gasteiger partial charge in [0.25, 0.3) is 0 Å². The molecule has 0 bridgehead atoms. The Bertz CT molecular complexity index is 366. The summed E-state index contributed by atoms with van der Waals surface area (Å²) >= 11 is 0. The number of benzene rings is 1. The van der Waals surface area contributed by atoms with Crippen LogP contribution in [0.4, 0.5) is 17.6 Å². The fraction of sp³-hybridized carbons (Fsp3) is 0.455. The zero-order valence-corrected chi connectivity index (χ0v) is 9.03. The van der Waals surface area contributed by atoms with Crippen LogP contribution >= 0.6 is 0 Å². The van der Waals surface area contributed by atoms with Gasteiger partial charge in [0.2, 0.25) is 0 Å². The van der Waals surface area contributed by atoms with Gasteiger partial charge in [-0.15, -0.1) is 0 Å². The minimum Gasteiger partial charge on any atom is -0.324 e. The van der Waals surface area contributed by atoms with Crippen molar-refractivity contribution in [2.45, 2.75) is 26.3 Å². The maximum absolute atomic E-state index is 13.3. The number of rotatable bonds is 3. The average Bonchev–Trinajstić information content (AvgIpc) is 2.25. The first-order chi connectivity index (χ1) is 7.40. The van der Waals surface area contributed by atoms with E-state index >= 15 is 0 Å². The number of halogens is 4. The molecule has 0 aromatic heterocycles. The van der Waals surface area contributed by atoms with E-state index in [-0.39, 0.29) is 12.0 Å². The van der Waals surface area contributed by atoms with Crippen LogP contribution in [-0.4, -0.2) is 0 Å². The van der Waals surface area contributed by atoms with Crippen molar-refractivity contribution in [1.82, 2.24) is 0 Å². The monoisotopic (exact) mass is 235 g/mol. The zero-order valence-electron chi connectivity index (χ0n) is 9.03. The van der Waals surface area contributed by atoms with Crippen LogP contribution in [0.2, 0.25) is 0 Å². The fourth-order valence-electron chi connectivity index (χ4n) is 1.42. The van der Waals surface area contributed by atoms with E-state index in [0.29, 0.717) is 6.42 Å². The molecule has 0 saturated heterocycles. The minimum atomic E-state index is -1.42. The molecular weight excluding hydrogens is 222 g/mol. The molecule has 0 spiro atoms. The zero-order chi connectivity index (χ0) is 12.5. The second kappa shape index (κ2) is 4.82. The van der Waals surface area contributed by atoms with Crippen molar-refractivity contribution in [3.8, 4) is 0 Å². The lowest BCUT2D eigenvalue weighted by molar-refractivity contribution is 0.384. The minimum absolute atomic E-state index is 0.178. The molecule has 0 saturated carbocycles. The van der Waals surface area contributed by atoms with Crippen LogP contribution in [-0.2, 0) is 0 Å². The Morgan fingerprint density at radius 2 is 1.56 bits per heavy atom. The number of hydrogen-bond acceptors (Lipinski definition) is 1. The summed E-state index contributed by atoms with van der Waals surface area (Å²) in [6.45, 7) is 3.43. The van der Waals surface area contributed by atoms with Crippen LogP contribution < -0.4 is 5.73 Å². The summed E-state index contributed by atoms with van der Waals surface area (Å²) in [6, 6.07) is -0.882. The Kier molecular flexibility index (Phi) is 3.91. The maximum Gasteiger partial charge on any atom is 0.166 e. The van der Waals surface area contributed by atoms with E-state index < -0.39 is 34.9 Å². The molecule has 1 rings (SSSR count). The van der Waals surface area contributed by atoms with Gasteiger partial charge in [0.05, 0.1) is 0 Å². The van der Waals surface area contributed by atoms with E-state index in [2.05, 4.69) is 0 Å². The maximum atomic E-state index is 13.3. The quantitative estimate of drug-likeness (QED) is 0.631. The second-order valence-electron chi connectivity index (χ2n) is 3.79. The Morgan fingerprint density at radius 1 is 1.12 bits per heavy atom.